The minimum atomic E-state index is -0.679. The Morgan fingerprint density at radius 1 is 1.39 bits per heavy atom. The maximum atomic E-state index is 11.7. The number of esters is 1. The third-order valence-electron chi connectivity index (χ3n) is 2.81. The van der Waals surface area contributed by atoms with Crippen molar-refractivity contribution >= 4 is 23.6 Å². The molecule has 6 heteroatoms. The molecule has 0 aromatic heterocycles. The first kappa shape index (κ1) is 14.8. The van der Waals surface area contributed by atoms with E-state index in [1.165, 1.54) is 11.8 Å². The van der Waals surface area contributed by atoms with Crippen LogP contribution in [0, 0.1) is 11.3 Å². The Bertz CT molecular complexity index is 346. The lowest BCUT2D eigenvalue weighted by atomic mass is 10.0. The topological polar surface area (TPSA) is 79.2 Å². The lowest BCUT2D eigenvalue weighted by molar-refractivity contribution is -0.139. The number of nitriles is 1. The van der Waals surface area contributed by atoms with Gasteiger partial charge < -0.3 is 10.1 Å². The summed E-state index contributed by atoms with van der Waals surface area (Å²) in [5.41, 5.74) is -0.679. The third kappa shape index (κ3) is 4.57. The Kier molecular flexibility index (Phi) is 5.99. The van der Waals surface area contributed by atoms with Gasteiger partial charge in [0.1, 0.15) is 5.54 Å². The summed E-state index contributed by atoms with van der Waals surface area (Å²) in [6.07, 6.45) is 3.39. The molecule has 0 aromatic rings. The van der Waals surface area contributed by atoms with Crippen LogP contribution in [0.3, 0.4) is 0 Å². The minimum Gasteiger partial charge on any atom is -0.465 e. The van der Waals surface area contributed by atoms with Gasteiger partial charge in [0.15, 0.2) is 0 Å². The molecular formula is C12H18N2O3S. The summed E-state index contributed by atoms with van der Waals surface area (Å²) in [7, 11) is 0. The predicted octanol–water partition coefficient (Wildman–Crippen LogP) is 1.24. The van der Waals surface area contributed by atoms with Crippen molar-refractivity contribution in [2.75, 3.05) is 18.1 Å². The summed E-state index contributed by atoms with van der Waals surface area (Å²) in [6.45, 7) is 2.09. The van der Waals surface area contributed by atoms with E-state index in [1.807, 2.05) is 0 Å². The lowest BCUT2D eigenvalue weighted by Crippen LogP contribution is -2.45. The van der Waals surface area contributed by atoms with Gasteiger partial charge in [-0.3, -0.25) is 9.59 Å². The second-order valence-electron chi connectivity index (χ2n) is 4.25. The van der Waals surface area contributed by atoms with Crippen LogP contribution in [0.15, 0.2) is 0 Å². The highest BCUT2D eigenvalue weighted by molar-refractivity contribution is 8.00. The number of carbonyl (C=O) groups is 2. The van der Waals surface area contributed by atoms with Gasteiger partial charge in [0, 0.05) is 0 Å². The Morgan fingerprint density at radius 2 is 2.06 bits per heavy atom. The van der Waals surface area contributed by atoms with E-state index in [2.05, 4.69) is 11.4 Å². The molecular weight excluding hydrogens is 252 g/mol. The molecule has 1 saturated carbocycles. The SMILES string of the molecule is CCOC(=O)CSCC(=O)NC1(C#N)CCCC1. The largest absolute Gasteiger partial charge is 0.465 e. The Balaban J connectivity index is 2.25. The fraction of sp³-hybridized carbons (Fsp3) is 0.750. The first-order valence-corrected chi connectivity index (χ1v) is 7.23. The van der Waals surface area contributed by atoms with Crippen molar-refractivity contribution in [3.63, 3.8) is 0 Å². The summed E-state index contributed by atoms with van der Waals surface area (Å²) < 4.78 is 4.75. The average Bonchev–Trinajstić information content (AvgIpc) is 2.78. The van der Waals surface area contributed by atoms with Gasteiger partial charge in [-0.2, -0.15) is 5.26 Å². The average molecular weight is 270 g/mol. The molecule has 1 rings (SSSR count). The standard InChI is InChI=1S/C12H18N2O3S/c1-2-17-11(16)8-18-7-10(15)14-12(9-13)5-3-4-6-12/h2-8H2,1H3,(H,14,15). The molecule has 1 fully saturated rings. The zero-order valence-electron chi connectivity index (χ0n) is 10.5. The number of nitrogens with one attached hydrogen (secondary N) is 1. The highest BCUT2D eigenvalue weighted by Gasteiger charge is 2.35. The fourth-order valence-corrected chi connectivity index (χ4v) is 2.59. The summed E-state index contributed by atoms with van der Waals surface area (Å²) in [5, 5.41) is 11.9. The van der Waals surface area contributed by atoms with Crippen molar-refractivity contribution in [2.24, 2.45) is 0 Å². The number of hydrogen-bond acceptors (Lipinski definition) is 5. The maximum absolute atomic E-state index is 11.7. The Hall–Kier alpha value is -1.22. The van der Waals surface area contributed by atoms with Crippen LogP contribution in [0.5, 0.6) is 0 Å². The zero-order chi connectivity index (χ0) is 13.4. The minimum absolute atomic E-state index is 0.167. The van der Waals surface area contributed by atoms with Crippen LogP contribution in [-0.2, 0) is 14.3 Å². The van der Waals surface area contributed by atoms with E-state index in [9.17, 15) is 9.59 Å². The Labute approximate surface area is 111 Å². The molecule has 1 aliphatic rings. The molecule has 1 amide bonds. The quantitative estimate of drug-likeness (QED) is 0.734. The van der Waals surface area contributed by atoms with E-state index >= 15 is 0 Å². The molecule has 100 valence electrons. The molecule has 0 unspecified atom stereocenters. The zero-order valence-corrected chi connectivity index (χ0v) is 11.3. The predicted molar refractivity (Wildman–Crippen MR) is 68.9 cm³/mol. The summed E-state index contributed by atoms with van der Waals surface area (Å²) in [5.74, 6) is -0.151. The van der Waals surface area contributed by atoms with Gasteiger partial charge in [0.25, 0.3) is 0 Å². The second-order valence-corrected chi connectivity index (χ2v) is 5.23. The molecule has 0 spiro atoms. The van der Waals surface area contributed by atoms with Crippen molar-refractivity contribution in [2.45, 2.75) is 38.1 Å². The molecule has 0 atom stereocenters. The van der Waals surface area contributed by atoms with Crippen LogP contribution < -0.4 is 5.32 Å². The highest BCUT2D eigenvalue weighted by Crippen LogP contribution is 2.28. The van der Waals surface area contributed by atoms with Gasteiger partial charge in [-0.05, 0) is 32.6 Å². The van der Waals surface area contributed by atoms with Gasteiger partial charge in [-0.15, -0.1) is 11.8 Å². The van der Waals surface area contributed by atoms with Crippen LogP contribution in [0.1, 0.15) is 32.6 Å². The first-order valence-electron chi connectivity index (χ1n) is 6.07. The maximum Gasteiger partial charge on any atom is 0.315 e. The van der Waals surface area contributed by atoms with Crippen LogP contribution in [0.2, 0.25) is 0 Å². The first-order chi connectivity index (χ1) is 8.62. The number of hydrogen-bond donors (Lipinski definition) is 1. The molecule has 5 nitrogen and oxygen atoms in total. The van der Waals surface area contributed by atoms with Crippen molar-refractivity contribution in [1.82, 2.24) is 5.32 Å². The van der Waals surface area contributed by atoms with E-state index in [1.54, 1.807) is 6.92 Å². The monoisotopic (exact) mass is 270 g/mol. The van der Waals surface area contributed by atoms with Crippen molar-refractivity contribution in [1.29, 1.82) is 5.26 Å². The van der Waals surface area contributed by atoms with Crippen LogP contribution in [-0.4, -0.2) is 35.5 Å². The van der Waals surface area contributed by atoms with Gasteiger partial charge in [-0.1, -0.05) is 0 Å². The molecule has 0 aromatic carbocycles. The molecule has 0 radical (unpaired) electrons. The summed E-state index contributed by atoms with van der Waals surface area (Å²) in [6, 6.07) is 2.19. The van der Waals surface area contributed by atoms with Gasteiger partial charge in [0.05, 0.1) is 24.2 Å². The van der Waals surface area contributed by atoms with Crippen molar-refractivity contribution in [3.05, 3.63) is 0 Å². The molecule has 0 heterocycles. The van der Waals surface area contributed by atoms with Gasteiger partial charge >= 0.3 is 5.97 Å². The van der Waals surface area contributed by atoms with Gasteiger partial charge in [-0.25, -0.2) is 0 Å². The number of nitrogens with zero attached hydrogens (tertiary/aromatic N) is 1. The number of amides is 1. The van der Waals surface area contributed by atoms with E-state index < -0.39 is 5.54 Å². The number of rotatable bonds is 6. The smallest absolute Gasteiger partial charge is 0.315 e. The lowest BCUT2D eigenvalue weighted by Gasteiger charge is -2.21. The molecule has 0 saturated heterocycles. The van der Waals surface area contributed by atoms with Crippen LogP contribution >= 0.6 is 11.8 Å². The molecule has 0 aliphatic heterocycles. The van der Waals surface area contributed by atoms with Crippen molar-refractivity contribution in [3.8, 4) is 6.07 Å². The fourth-order valence-electron chi connectivity index (χ4n) is 1.98. The number of ether oxygens (including phenoxy) is 1. The second kappa shape index (κ2) is 7.27. The van der Waals surface area contributed by atoms with Crippen LogP contribution in [0.4, 0.5) is 0 Å². The van der Waals surface area contributed by atoms with E-state index in [0.29, 0.717) is 6.61 Å². The summed E-state index contributed by atoms with van der Waals surface area (Å²) in [4.78, 5) is 22.7. The van der Waals surface area contributed by atoms with E-state index in [0.717, 1.165) is 25.7 Å². The normalized spacial score (nSPS) is 16.9. The number of thioether (sulfide) groups is 1. The van der Waals surface area contributed by atoms with Gasteiger partial charge in [0.2, 0.25) is 5.91 Å². The third-order valence-corrected chi connectivity index (χ3v) is 3.71. The van der Waals surface area contributed by atoms with Crippen LogP contribution in [0.25, 0.3) is 0 Å². The molecule has 1 aliphatic carbocycles. The highest BCUT2D eigenvalue weighted by atomic mass is 32.2. The Morgan fingerprint density at radius 3 is 2.61 bits per heavy atom. The molecule has 1 N–H and O–H groups in total. The van der Waals surface area contributed by atoms with E-state index in [4.69, 9.17) is 10.00 Å². The molecule has 18 heavy (non-hydrogen) atoms. The van der Waals surface area contributed by atoms with Crippen molar-refractivity contribution < 1.29 is 14.3 Å². The number of carbonyl (C=O) groups excluding carboxylic acids is 2. The molecule has 0 bridgehead atoms. The van der Waals surface area contributed by atoms with E-state index in [-0.39, 0.29) is 23.4 Å². The summed E-state index contributed by atoms with van der Waals surface area (Å²) >= 11 is 1.21.